The van der Waals surface area contributed by atoms with Gasteiger partial charge in [0.2, 0.25) is 0 Å². The molecule has 0 unspecified atom stereocenters. The largest absolute Gasteiger partial charge is 0.370 e. The standard InChI is InChI=1S/C11H25N3S/c1-9(2)8-15-7-5-6-13-11(12)14-10(3)4/h9-10H,5-8H2,1-4H3,(H3,12,13,14). The zero-order chi connectivity index (χ0) is 11.7. The Labute approximate surface area is 98.3 Å². The predicted molar refractivity (Wildman–Crippen MR) is 71.5 cm³/mol. The van der Waals surface area contributed by atoms with Crippen LogP contribution in [0.3, 0.4) is 0 Å². The first-order valence-electron chi connectivity index (χ1n) is 5.66. The van der Waals surface area contributed by atoms with E-state index >= 15 is 0 Å². The number of guanidine groups is 1. The molecule has 0 atom stereocenters. The van der Waals surface area contributed by atoms with Gasteiger partial charge >= 0.3 is 0 Å². The Kier molecular flexibility index (Phi) is 8.67. The van der Waals surface area contributed by atoms with Gasteiger partial charge in [0.15, 0.2) is 5.96 Å². The fourth-order valence-corrected chi connectivity index (χ4v) is 2.00. The highest BCUT2D eigenvalue weighted by Gasteiger charge is 1.95. The maximum Gasteiger partial charge on any atom is 0.188 e. The summed E-state index contributed by atoms with van der Waals surface area (Å²) in [6.07, 6.45) is 1.11. The first-order valence-corrected chi connectivity index (χ1v) is 6.82. The highest BCUT2D eigenvalue weighted by atomic mass is 32.2. The minimum Gasteiger partial charge on any atom is -0.370 e. The zero-order valence-electron chi connectivity index (χ0n) is 10.4. The monoisotopic (exact) mass is 231 g/mol. The first-order chi connectivity index (χ1) is 7.02. The average Bonchev–Trinajstić information content (AvgIpc) is 2.09. The van der Waals surface area contributed by atoms with E-state index in [1.807, 2.05) is 11.8 Å². The summed E-state index contributed by atoms with van der Waals surface area (Å²) in [5.74, 6) is 3.77. The summed E-state index contributed by atoms with van der Waals surface area (Å²) in [6, 6.07) is 0.365. The van der Waals surface area contributed by atoms with Crippen LogP contribution in [0.2, 0.25) is 0 Å². The number of hydrogen-bond acceptors (Lipinski definition) is 2. The quantitative estimate of drug-likeness (QED) is 0.401. The summed E-state index contributed by atoms with van der Waals surface area (Å²) in [7, 11) is 0. The molecule has 3 N–H and O–H groups in total. The van der Waals surface area contributed by atoms with Crippen molar-refractivity contribution in [3.8, 4) is 0 Å². The Morgan fingerprint density at radius 2 is 2.00 bits per heavy atom. The minimum absolute atomic E-state index is 0.365. The summed E-state index contributed by atoms with van der Waals surface area (Å²) in [5.41, 5.74) is 5.67. The number of hydrogen-bond donors (Lipinski definition) is 2. The van der Waals surface area contributed by atoms with Crippen LogP contribution in [0, 0.1) is 5.92 Å². The third kappa shape index (κ3) is 11.5. The number of thioether (sulfide) groups is 1. The molecule has 0 fully saturated rings. The van der Waals surface area contributed by atoms with Crippen molar-refractivity contribution in [2.75, 3.05) is 18.1 Å². The van der Waals surface area contributed by atoms with Crippen LogP contribution in [0.25, 0.3) is 0 Å². The van der Waals surface area contributed by atoms with Gasteiger partial charge in [0.1, 0.15) is 0 Å². The molecule has 0 bridgehead atoms. The number of rotatable bonds is 7. The van der Waals surface area contributed by atoms with Crippen LogP contribution in [0.4, 0.5) is 0 Å². The Morgan fingerprint density at radius 3 is 2.53 bits per heavy atom. The van der Waals surface area contributed by atoms with Crippen LogP contribution < -0.4 is 11.1 Å². The van der Waals surface area contributed by atoms with E-state index in [1.165, 1.54) is 11.5 Å². The van der Waals surface area contributed by atoms with Crippen molar-refractivity contribution in [1.82, 2.24) is 5.32 Å². The van der Waals surface area contributed by atoms with Gasteiger partial charge in [-0.05, 0) is 37.7 Å². The topological polar surface area (TPSA) is 50.4 Å². The molecule has 0 aliphatic carbocycles. The average molecular weight is 231 g/mol. The summed E-state index contributed by atoms with van der Waals surface area (Å²) >= 11 is 2.00. The zero-order valence-corrected chi connectivity index (χ0v) is 11.2. The maximum atomic E-state index is 5.67. The van der Waals surface area contributed by atoms with Crippen LogP contribution in [0.1, 0.15) is 34.1 Å². The van der Waals surface area contributed by atoms with Gasteiger partial charge in [-0.2, -0.15) is 11.8 Å². The summed E-state index contributed by atoms with van der Waals surface area (Å²) in [5, 5.41) is 3.07. The van der Waals surface area contributed by atoms with Crippen molar-refractivity contribution < 1.29 is 0 Å². The molecule has 3 nitrogen and oxygen atoms in total. The van der Waals surface area contributed by atoms with Crippen molar-refractivity contribution >= 4 is 17.7 Å². The van der Waals surface area contributed by atoms with Crippen LogP contribution in [0.15, 0.2) is 4.99 Å². The van der Waals surface area contributed by atoms with E-state index in [4.69, 9.17) is 5.73 Å². The molecule has 0 aliphatic heterocycles. The Hall–Kier alpha value is -0.380. The molecule has 0 spiro atoms. The second-order valence-corrected chi connectivity index (χ2v) is 5.54. The molecular weight excluding hydrogens is 206 g/mol. The Balaban J connectivity index is 3.36. The van der Waals surface area contributed by atoms with E-state index in [9.17, 15) is 0 Å². The number of nitrogens with one attached hydrogen (secondary N) is 1. The van der Waals surface area contributed by atoms with E-state index < -0.39 is 0 Å². The molecule has 0 aromatic rings. The Morgan fingerprint density at radius 1 is 1.33 bits per heavy atom. The molecule has 0 amide bonds. The van der Waals surface area contributed by atoms with Gasteiger partial charge in [-0.25, -0.2) is 0 Å². The van der Waals surface area contributed by atoms with Crippen molar-refractivity contribution in [2.24, 2.45) is 16.6 Å². The van der Waals surface area contributed by atoms with Gasteiger partial charge in [0.05, 0.1) is 0 Å². The lowest BCUT2D eigenvalue weighted by Gasteiger charge is -2.08. The third-order valence-corrected chi connectivity index (χ3v) is 3.10. The van der Waals surface area contributed by atoms with Crippen molar-refractivity contribution in [1.29, 1.82) is 0 Å². The molecule has 0 heterocycles. The third-order valence-electron chi connectivity index (χ3n) is 1.62. The summed E-state index contributed by atoms with van der Waals surface area (Å²) < 4.78 is 0. The summed E-state index contributed by atoms with van der Waals surface area (Å²) in [4.78, 5) is 4.25. The molecule has 4 heteroatoms. The number of nitrogens with zero attached hydrogens (tertiary/aromatic N) is 1. The van der Waals surface area contributed by atoms with E-state index in [1.54, 1.807) is 0 Å². The molecule has 0 aliphatic rings. The molecule has 15 heavy (non-hydrogen) atoms. The Bertz CT molecular complexity index is 179. The summed E-state index contributed by atoms with van der Waals surface area (Å²) in [6.45, 7) is 9.43. The lowest BCUT2D eigenvalue weighted by molar-refractivity contribution is 0.722. The molecule has 0 aromatic heterocycles. The molecular formula is C11H25N3S. The van der Waals surface area contributed by atoms with Gasteiger partial charge in [0.25, 0.3) is 0 Å². The van der Waals surface area contributed by atoms with Crippen LogP contribution in [-0.4, -0.2) is 30.1 Å². The molecule has 0 radical (unpaired) electrons. The fourth-order valence-electron chi connectivity index (χ4n) is 1.03. The normalized spacial score (nSPS) is 12.5. The van der Waals surface area contributed by atoms with Gasteiger partial charge in [-0.15, -0.1) is 0 Å². The minimum atomic E-state index is 0.365. The van der Waals surface area contributed by atoms with Gasteiger partial charge in [-0.1, -0.05) is 13.8 Å². The lowest BCUT2D eigenvalue weighted by Crippen LogP contribution is -2.36. The van der Waals surface area contributed by atoms with Crippen LogP contribution in [-0.2, 0) is 0 Å². The van der Waals surface area contributed by atoms with E-state index in [-0.39, 0.29) is 0 Å². The second-order valence-electron chi connectivity index (χ2n) is 4.39. The molecule has 0 saturated carbocycles. The maximum absolute atomic E-state index is 5.67. The van der Waals surface area contributed by atoms with Gasteiger partial charge in [0, 0.05) is 12.6 Å². The highest BCUT2D eigenvalue weighted by molar-refractivity contribution is 7.99. The van der Waals surface area contributed by atoms with Gasteiger partial charge in [-0.3, -0.25) is 4.99 Å². The molecule has 0 saturated heterocycles. The molecule has 90 valence electrons. The fraction of sp³-hybridized carbons (Fsp3) is 0.909. The molecule has 0 aromatic carbocycles. The van der Waals surface area contributed by atoms with Crippen molar-refractivity contribution in [3.63, 3.8) is 0 Å². The second kappa shape index (κ2) is 8.89. The molecule has 0 rings (SSSR count). The van der Waals surface area contributed by atoms with E-state index in [0.717, 1.165) is 18.9 Å². The number of nitrogens with two attached hydrogens (primary N) is 1. The predicted octanol–water partition coefficient (Wildman–Crippen LogP) is 2.08. The van der Waals surface area contributed by atoms with Crippen molar-refractivity contribution in [2.45, 2.75) is 40.2 Å². The lowest BCUT2D eigenvalue weighted by atomic mass is 10.3. The van der Waals surface area contributed by atoms with Crippen LogP contribution in [0.5, 0.6) is 0 Å². The van der Waals surface area contributed by atoms with Crippen LogP contribution >= 0.6 is 11.8 Å². The van der Waals surface area contributed by atoms with Crippen molar-refractivity contribution in [3.05, 3.63) is 0 Å². The first kappa shape index (κ1) is 14.6. The van der Waals surface area contributed by atoms with E-state index in [2.05, 4.69) is 38.0 Å². The SMILES string of the molecule is CC(C)CSCCCN=C(N)NC(C)C. The van der Waals surface area contributed by atoms with Gasteiger partial charge < -0.3 is 11.1 Å². The number of aliphatic imine (C=N–C) groups is 1. The van der Waals surface area contributed by atoms with E-state index in [0.29, 0.717) is 12.0 Å². The smallest absolute Gasteiger partial charge is 0.188 e. The highest BCUT2D eigenvalue weighted by Crippen LogP contribution is 2.08.